The fourth-order valence-corrected chi connectivity index (χ4v) is 2.80. The quantitative estimate of drug-likeness (QED) is 0.347. The topological polar surface area (TPSA) is 87.3 Å². The molecule has 8 heteroatoms. The summed E-state index contributed by atoms with van der Waals surface area (Å²) in [4.78, 5) is 22.2. The van der Waals surface area contributed by atoms with Crippen molar-refractivity contribution < 1.29 is 14.5 Å². The second-order valence-electron chi connectivity index (χ2n) is 4.81. The van der Waals surface area contributed by atoms with Crippen molar-refractivity contribution in [3.8, 4) is 0 Å². The fraction of sp³-hybridized carbons (Fsp3) is 0.667. The van der Waals surface area contributed by atoms with E-state index in [0.717, 1.165) is 0 Å². The smallest absolute Gasteiger partial charge is 0.324 e. The van der Waals surface area contributed by atoms with Gasteiger partial charge in [-0.2, -0.15) is 5.10 Å². The van der Waals surface area contributed by atoms with Crippen LogP contribution in [-0.2, 0) is 16.6 Å². The maximum absolute atomic E-state index is 11.4. The predicted molar refractivity (Wildman–Crippen MR) is 75.9 cm³/mol. The van der Waals surface area contributed by atoms with Crippen molar-refractivity contribution in [2.45, 2.75) is 31.7 Å². The van der Waals surface area contributed by atoms with Crippen LogP contribution < -0.4 is 0 Å². The molecule has 0 spiro atoms. The Bertz CT molecular complexity index is 513. The van der Waals surface area contributed by atoms with Gasteiger partial charge in [0.1, 0.15) is 5.69 Å². The first kappa shape index (κ1) is 16.5. The molecule has 0 saturated carbocycles. The van der Waals surface area contributed by atoms with Crippen LogP contribution in [0.2, 0.25) is 0 Å². The largest absolute Gasteiger partial charge is 0.469 e. The average Bonchev–Trinajstić information content (AvgIpc) is 2.72. The molecule has 0 fully saturated rings. The van der Waals surface area contributed by atoms with Crippen molar-refractivity contribution in [2.24, 2.45) is 13.0 Å². The lowest BCUT2D eigenvalue weighted by molar-refractivity contribution is -0.388. The number of methoxy groups -OCH3 is 1. The molecule has 0 aliphatic carbocycles. The molecule has 0 amide bonds. The third-order valence-electron chi connectivity index (χ3n) is 2.80. The summed E-state index contributed by atoms with van der Waals surface area (Å²) in [6.45, 7) is 5.45. The minimum absolute atomic E-state index is 0.0320. The summed E-state index contributed by atoms with van der Waals surface area (Å²) in [5, 5.41) is 15.9. The first-order valence-corrected chi connectivity index (χ1v) is 7.20. The summed E-state index contributed by atoms with van der Waals surface area (Å²) in [7, 11) is 3.00. The molecule has 0 N–H and O–H groups in total. The van der Waals surface area contributed by atoms with Gasteiger partial charge in [-0.3, -0.25) is 19.6 Å². The minimum Gasteiger partial charge on any atom is -0.469 e. The maximum atomic E-state index is 11.4. The van der Waals surface area contributed by atoms with Crippen LogP contribution in [-0.4, -0.2) is 33.5 Å². The molecule has 0 aliphatic rings. The van der Waals surface area contributed by atoms with Gasteiger partial charge in [0.05, 0.1) is 18.0 Å². The average molecular weight is 301 g/mol. The number of rotatable bonds is 6. The molecule has 0 saturated heterocycles. The van der Waals surface area contributed by atoms with E-state index in [4.69, 9.17) is 0 Å². The number of thioether (sulfide) groups is 1. The van der Waals surface area contributed by atoms with Crippen LogP contribution in [0, 0.1) is 16.0 Å². The molecule has 0 radical (unpaired) electrons. The Labute approximate surface area is 121 Å². The first-order chi connectivity index (χ1) is 9.29. The number of hydrogen-bond donors (Lipinski definition) is 0. The summed E-state index contributed by atoms with van der Waals surface area (Å²) in [6.07, 6.45) is 0. The SMILES string of the molecule is COC(=O)C(C)CSc1c([N+](=O)[O-])c(C(C)C)nn1C. The molecule has 1 unspecified atom stereocenters. The van der Waals surface area contributed by atoms with Gasteiger partial charge < -0.3 is 4.74 Å². The molecule has 7 nitrogen and oxygen atoms in total. The van der Waals surface area contributed by atoms with E-state index in [0.29, 0.717) is 16.5 Å². The second-order valence-corrected chi connectivity index (χ2v) is 5.82. The van der Waals surface area contributed by atoms with Crippen LogP contribution in [0.15, 0.2) is 5.03 Å². The molecule has 1 heterocycles. The Morgan fingerprint density at radius 1 is 1.50 bits per heavy atom. The number of esters is 1. The Balaban J connectivity index is 3.00. The van der Waals surface area contributed by atoms with Crippen molar-refractivity contribution >= 4 is 23.4 Å². The van der Waals surface area contributed by atoms with Crippen LogP contribution in [0.3, 0.4) is 0 Å². The molecular formula is C12H19N3O4S. The van der Waals surface area contributed by atoms with E-state index in [1.807, 2.05) is 13.8 Å². The molecular weight excluding hydrogens is 282 g/mol. The minimum atomic E-state index is -0.409. The second kappa shape index (κ2) is 6.74. The molecule has 112 valence electrons. The lowest BCUT2D eigenvalue weighted by atomic mass is 10.1. The molecule has 20 heavy (non-hydrogen) atoms. The monoisotopic (exact) mass is 301 g/mol. The van der Waals surface area contributed by atoms with Crippen LogP contribution in [0.4, 0.5) is 5.69 Å². The number of hydrogen-bond acceptors (Lipinski definition) is 6. The Kier molecular flexibility index (Phi) is 5.55. The van der Waals surface area contributed by atoms with Gasteiger partial charge in [0.25, 0.3) is 0 Å². The van der Waals surface area contributed by atoms with Crippen molar-refractivity contribution in [2.75, 3.05) is 12.9 Å². The van der Waals surface area contributed by atoms with E-state index >= 15 is 0 Å². The zero-order valence-corrected chi connectivity index (χ0v) is 13.1. The van der Waals surface area contributed by atoms with E-state index in [2.05, 4.69) is 9.84 Å². The lowest BCUT2D eigenvalue weighted by Crippen LogP contribution is -2.15. The van der Waals surface area contributed by atoms with Gasteiger partial charge in [0.15, 0.2) is 5.03 Å². The van der Waals surface area contributed by atoms with E-state index in [1.165, 1.54) is 23.6 Å². The van der Waals surface area contributed by atoms with Crippen LogP contribution >= 0.6 is 11.8 Å². The van der Waals surface area contributed by atoms with Crippen molar-refractivity contribution in [1.29, 1.82) is 0 Å². The van der Waals surface area contributed by atoms with Crippen LogP contribution in [0.1, 0.15) is 32.4 Å². The third kappa shape index (κ3) is 3.50. The molecule has 1 rings (SSSR count). The highest BCUT2D eigenvalue weighted by molar-refractivity contribution is 7.99. The fourth-order valence-electron chi connectivity index (χ4n) is 1.71. The number of aromatic nitrogens is 2. The Hall–Kier alpha value is -1.57. The predicted octanol–water partition coefficient (Wildman–Crippen LogP) is 2.35. The number of nitro groups is 1. The molecule has 1 atom stereocenters. The van der Waals surface area contributed by atoms with Gasteiger partial charge in [-0.15, -0.1) is 0 Å². The highest BCUT2D eigenvalue weighted by atomic mass is 32.2. The summed E-state index contributed by atoms with van der Waals surface area (Å²) in [5.74, 6) is -0.285. The lowest BCUT2D eigenvalue weighted by Gasteiger charge is -2.08. The number of ether oxygens (including phenoxy) is 1. The van der Waals surface area contributed by atoms with E-state index in [-0.39, 0.29) is 23.5 Å². The van der Waals surface area contributed by atoms with E-state index in [9.17, 15) is 14.9 Å². The maximum Gasteiger partial charge on any atom is 0.324 e. The highest BCUT2D eigenvalue weighted by Crippen LogP contribution is 2.36. The number of carbonyl (C=O) groups is 1. The molecule has 0 aromatic carbocycles. The van der Waals surface area contributed by atoms with E-state index < -0.39 is 4.92 Å². The Morgan fingerprint density at radius 2 is 2.10 bits per heavy atom. The van der Waals surface area contributed by atoms with Crippen molar-refractivity contribution in [3.05, 3.63) is 15.8 Å². The summed E-state index contributed by atoms with van der Waals surface area (Å²) in [5.41, 5.74) is 0.496. The van der Waals surface area contributed by atoms with Gasteiger partial charge in [-0.05, 0) is 0 Å². The van der Waals surface area contributed by atoms with Crippen molar-refractivity contribution in [3.63, 3.8) is 0 Å². The third-order valence-corrected chi connectivity index (χ3v) is 4.20. The highest BCUT2D eigenvalue weighted by Gasteiger charge is 2.29. The normalized spacial score (nSPS) is 12.5. The van der Waals surface area contributed by atoms with Gasteiger partial charge in [-0.1, -0.05) is 32.5 Å². The van der Waals surface area contributed by atoms with Gasteiger partial charge in [0.2, 0.25) is 0 Å². The van der Waals surface area contributed by atoms with Crippen LogP contribution in [0.5, 0.6) is 0 Å². The van der Waals surface area contributed by atoms with Gasteiger partial charge in [0, 0.05) is 18.7 Å². The summed E-state index contributed by atoms with van der Waals surface area (Å²) < 4.78 is 6.15. The summed E-state index contributed by atoms with van der Waals surface area (Å²) in [6, 6.07) is 0. The van der Waals surface area contributed by atoms with Gasteiger partial charge in [-0.25, -0.2) is 0 Å². The van der Waals surface area contributed by atoms with Gasteiger partial charge >= 0.3 is 11.7 Å². The first-order valence-electron chi connectivity index (χ1n) is 6.21. The number of nitrogens with zero attached hydrogens (tertiary/aromatic N) is 3. The number of carbonyl (C=O) groups excluding carboxylic acids is 1. The van der Waals surface area contributed by atoms with Crippen molar-refractivity contribution in [1.82, 2.24) is 9.78 Å². The van der Waals surface area contributed by atoms with E-state index in [1.54, 1.807) is 14.0 Å². The zero-order chi connectivity index (χ0) is 15.4. The zero-order valence-electron chi connectivity index (χ0n) is 12.2. The van der Waals surface area contributed by atoms with Crippen LogP contribution in [0.25, 0.3) is 0 Å². The summed E-state index contributed by atoms with van der Waals surface area (Å²) >= 11 is 1.25. The Morgan fingerprint density at radius 3 is 2.55 bits per heavy atom. The molecule has 0 aliphatic heterocycles. The standard InChI is InChI=1S/C12H19N3O4S/c1-7(2)9-10(15(17)18)11(14(4)13-9)20-6-8(3)12(16)19-5/h7-8H,6H2,1-5H3. The number of aryl methyl sites for hydroxylation is 1. The molecule has 1 aromatic heterocycles. The molecule has 0 bridgehead atoms. The molecule has 1 aromatic rings.